The molecule has 2 aromatic carbocycles. The van der Waals surface area contributed by atoms with Gasteiger partial charge in [0, 0.05) is 23.4 Å². The number of halogens is 2. The van der Waals surface area contributed by atoms with Gasteiger partial charge in [0.1, 0.15) is 18.5 Å². The van der Waals surface area contributed by atoms with Gasteiger partial charge in [0.05, 0.1) is 11.4 Å². The lowest BCUT2D eigenvalue weighted by Crippen LogP contribution is -2.14. The van der Waals surface area contributed by atoms with Crippen molar-refractivity contribution in [2.24, 2.45) is 0 Å². The Labute approximate surface area is 169 Å². The molecule has 0 bridgehead atoms. The molecule has 0 aliphatic carbocycles. The first kappa shape index (κ1) is 18.8. The average molecular weight is 413 g/mol. The molecule has 4 aromatic rings. The zero-order valence-corrected chi connectivity index (χ0v) is 15.7. The third kappa shape index (κ3) is 4.46. The summed E-state index contributed by atoms with van der Waals surface area (Å²) in [6.45, 7) is 0. The van der Waals surface area contributed by atoms with Gasteiger partial charge in [0.25, 0.3) is 0 Å². The number of carbonyl (C=O) groups is 1. The maximum atomic E-state index is 13.0. The van der Waals surface area contributed by atoms with Crippen LogP contribution < -0.4 is 5.32 Å². The zero-order valence-electron chi connectivity index (χ0n) is 14.9. The number of rotatable bonds is 6. The van der Waals surface area contributed by atoms with E-state index >= 15 is 0 Å². The van der Waals surface area contributed by atoms with Gasteiger partial charge in [-0.1, -0.05) is 16.8 Å². The van der Waals surface area contributed by atoms with Crippen LogP contribution >= 0.6 is 11.6 Å². The lowest BCUT2D eigenvalue weighted by Gasteiger charge is -2.11. The minimum absolute atomic E-state index is 0.119. The van der Waals surface area contributed by atoms with Crippen LogP contribution in [0.3, 0.4) is 0 Å². The van der Waals surface area contributed by atoms with Crippen LogP contribution in [-0.4, -0.2) is 30.8 Å². The third-order valence-electron chi connectivity index (χ3n) is 4.03. The van der Waals surface area contributed by atoms with E-state index in [1.165, 1.54) is 29.5 Å². The van der Waals surface area contributed by atoms with Gasteiger partial charge >= 0.3 is 0 Å². The van der Waals surface area contributed by atoms with Gasteiger partial charge in [-0.15, -0.1) is 0 Å². The summed E-state index contributed by atoms with van der Waals surface area (Å²) >= 11 is 6.05. The fraction of sp³-hybridized carbons (Fsp3) is 0.105. The van der Waals surface area contributed by atoms with E-state index in [-0.39, 0.29) is 24.6 Å². The molecule has 146 valence electrons. The fourth-order valence-corrected chi connectivity index (χ4v) is 2.82. The lowest BCUT2D eigenvalue weighted by atomic mass is 10.2. The summed E-state index contributed by atoms with van der Waals surface area (Å²) < 4.78 is 19.7. The molecule has 0 aliphatic heterocycles. The molecule has 0 radical (unpaired) electrons. The molecular formula is C19H14ClFN6O2. The highest BCUT2D eigenvalue weighted by Gasteiger charge is 2.13. The van der Waals surface area contributed by atoms with E-state index in [1.807, 2.05) is 0 Å². The van der Waals surface area contributed by atoms with Crippen molar-refractivity contribution < 1.29 is 13.7 Å². The normalized spacial score (nSPS) is 10.8. The van der Waals surface area contributed by atoms with Gasteiger partial charge in [-0.3, -0.25) is 4.79 Å². The predicted octanol–water partition coefficient (Wildman–Crippen LogP) is 3.68. The Kier molecular flexibility index (Phi) is 5.30. The summed E-state index contributed by atoms with van der Waals surface area (Å²) in [6, 6.07) is 10.8. The summed E-state index contributed by atoms with van der Waals surface area (Å²) in [4.78, 5) is 20.5. The van der Waals surface area contributed by atoms with Gasteiger partial charge < -0.3 is 9.84 Å². The second-order valence-corrected chi connectivity index (χ2v) is 6.50. The Morgan fingerprint density at radius 1 is 1.21 bits per heavy atom. The van der Waals surface area contributed by atoms with Crippen molar-refractivity contribution >= 4 is 23.2 Å². The van der Waals surface area contributed by atoms with Crippen molar-refractivity contribution in [2.75, 3.05) is 5.32 Å². The molecule has 0 aliphatic rings. The SMILES string of the molecule is O=C(CCc1nc(-c2ccc(F)cc2)no1)Nc1cc(Cl)ccc1-n1cncn1. The van der Waals surface area contributed by atoms with Crippen LogP contribution in [0.15, 0.2) is 59.6 Å². The number of carbonyl (C=O) groups excluding carboxylic acids is 1. The minimum atomic E-state index is -0.347. The predicted molar refractivity (Wildman–Crippen MR) is 103 cm³/mol. The topological polar surface area (TPSA) is 98.7 Å². The van der Waals surface area contributed by atoms with Gasteiger partial charge in [0.15, 0.2) is 0 Å². The standard InChI is InChI=1S/C19H14ClFN6O2/c20-13-3-6-16(27-11-22-10-23-27)15(9-13)24-17(28)7-8-18-25-19(26-29-18)12-1-4-14(21)5-2-12/h1-6,9-11H,7-8H2,(H,24,28). The molecule has 10 heteroatoms. The second kappa shape index (κ2) is 8.19. The van der Waals surface area contributed by atoms with E-state index in [0.717, 1.165) is 0 Å². The van der Waals surface area contributed by atoms with Crippen LogP contribution in [0.1, 0.15) is 12.3 Å². The Balaban J connectivity index is 1.41. The van der Waals surface area contributed by atoms with Crippen molar-refractivity contribution in [1.82, 2.24) is 24.9 Å². The highest BCUT2D eigenvalue weighted by atomic mass is 35.5. The molecule has 0 atom stereocenters. The number of nitrogens with zero attached hydrogens (tertiary/aromatic N) is 5. The van der Waals surface area contributed by atoms with E-state index in [9.17, 15) is 9.18 Å². The Bertz CT molecular complexity index is 1130. The molecule has 0 fully saturated rings. The van der Waals surface area contributed by atoms with E-state index < -0.39 is 0 Å². The summed E-state index contributed by atoms with van der Waals surface area (Å²) in [5.41, 5.74) is 1.77. The van der Waals surface area contributed by atoms with Gasteiger partial charge in [-0.05, 0) is 42.5 Å². The molecule has 1 N–H and O–H groups in total. The van der Waals surface area contributed by atoms with Crippen molar-refractivity contribution in [3.63, 3.8) is 0 Å². The largest absolute Gasteiger partial charge is 0.339 e. The monoisotopic (exact) mass is 412 g/mol. The van der Waals surface area contributed by atoms with Crippen LogP contribution in [-0.2, 0) is 11.2 Å². The van der Waals surface area contributed by atoms with E-state index in [4.69, 9.17) is 16.1 Å². The number of hydrogen-bond acceptors (Lipinski definition) is 6. The zero-order chi connectivity index (χ0) is 20.2. The fourth-order valence-electron chi connectivity index (χ4n) is 2.65. The van der Waals surface area contributed by atoms with Crippen molar-refractivity contribution in [1.29, 1.82) is 0 Å². The number of aryl methyl sites for hydroxylation is 1. The molecule has 2 heterocycles. The van der Waals surface area contributed by atoms with Crippen LogP contribution in [0.25, 0.3) is 17.1 Å². The number of nitrogens with one attached hydrogen (secondary N) is 1. The maximum Gasteiger partial charge on any atom is 0.227 e. The van der Waals surface area contributed by atoms with E-state index in [2.05, 4.69) is 25.5 Å². The first-order valence-corrected chi connectivity index (χ1v) is 8.99. The molecule has 2 aromatic heterocycles. The highest BCUT2D eigenvalue weighted by Crippen LogP contribution is 2.24. The molecule has 0 saturated carbocycles. The van der Waals surface area contributed by atoms with E-state index in [1.54, 1.807) is 30.3 Å². The lowest BCUT2D eigenvalue weighted by molar-refractivity contribution is -0.116. The first-order chi connectivity index (χ1) is 14.1. The van der Waals surface area contributed by atoms with Crippen LogP contribution in [0.5, 0.6) is 0 Å². The Morgan fingerprint density at radius 2 is 2.03 bits per heavy atom. The van der Waals surface area contributed by atoms with Crippen molar-refractivity contribution in [3.8, 4) is 17.1 Å². The van der Waals surface area contributed by atoms with Crippen LogP contribution in [0.4, 0.5) is 10.1 Å². The van der Waals surface area contributed by atoms with Gasteiger partial charge in [-0.25, -0.2) is 14.1 Å². The molecule has 8 nitrogen and oxygen atoms in total. The van der Waals surface area contributed by atoms with Crippen molar-refractivity contribution in [3.05, 3.63) is 71.8 Å². The van der Waals surface area contributed by atoms with Crippen LogP contribution in [0.2, 0.25) is 5.02 Å². The van der Waals surface area contributed by atoms with Gasteiger partial charge in [-0.2, -0.15) is 10.1 Å². The highest BCUT2D eigenvalue weighted by molar-refractivity contribution is 6.31. The second-order valence-electron chi connectivity index (χ2n) is 6.07. The summed E-state index contributed by atoms with van der Waals surface area (Å²) in [5, 5.41) is 11.2. The Hall–Kier alpha value is -3.59. The smallest absolute Gasteiger partial charge is 0.227 e. The summed E-state index contributed by atoms with van der Waals surface area (Å²) in [5.74, 6) is 0.0429. The number of amides is 1. The molecular weight excluding hydrogens is 399 g/mol. The molecule has 1 amide bonds. The minimum Gasteiger partial charge on any atom is -0.339 e. The van der Waals surface area contributed by atoms with E-state index in [0.29, 0.717) is 33.7 Å². The summed E-state index contributed by atoms with van der Waals surface area (Å²) in [7, 11) is 0. The Morgan fingerprint density at radius 3 is 2.79 bits per heavy atom. The number of anilines is 1. The number of aromatic nitrogens is 5. The molecule has 29 heavy (non-hydrogen) atoms. The average Bonchev–Trinajstić information content (AvgIpc) is 3.39. The molecule has 0 saturated heterocycles. The molecule has 4 rings (SSSR count). The third-order valence-corrected chi connectivity index (χ3v) is 4.27. The first-order valence-electron chi connectivity index (χ1n) is 8.61. The van der Waals surface area contributed by atoms with Gasteiger partial charge in [0.2, 0.25) is 17.6 Å². The molecule has 0 spiro atoms. The maximum absolute atomic E-state index is 13.0. The number of benzene rings is 2. The van der Waals surface area contributed by atoms with Crippen molar-refractivity contribution in [2.45, 2.75) is 12.8 Å². The number of hydrogen-bond donors (Lipinski definition) is 1. The molecule has 0 unspecified atom stereocenters. The summed E-state index contributed by atoms with van der Waals surface area (Å²) in [6.07, 6.45) is 3.29. The quantitative estimate of drug-likeness (QED) is 0.518. The van der Waals surface area contributed by atoms with Crippen LogP contribution in [0, 0.1) is 5.82 Å².